The molecule has 0 bridgehead atoms. The number of imidazole rings is 1. The summed E-state index contributed by atoms with van der Waals surface area (Å²) in [6, 6.07) is 7.82. The van der Waals surface area contributed by atoms with E-state index in [1.807, 2.05) is 24.3 Å². The molecule has 1 aromatic carbocycles. The maximum absolute atomic E-state index is 11.8. The number of hydrogen-bond acceptors (Lipinski definition) is 5. The number of nitrogens with one attached hydrogen (secondary N) is 1. The summed E-state index contributed by atoms with van der Waals surface area (Å²) in [4.78, 5) is 30.8. The number of carboxylic acid groups (broad SMARTS) is 1. The smallest absolute Gasteiger partial charge is 0.309 e. The van der Waals surface area contributed by atoms with E-state index in [-0.39, 0.29) is 5.56 Å². The molecule has 1 saturated heterocycles. The van der Waals surface area contributed by atoms with E-state index in [4.69, 9.17) is 9.72 Å². The molecule has 8 heteroatoms. The minimum absolute atomic E-state index is 0.118. The first-order valence-corrected chi connectivity index (χ1v) is 10.5. The van der Waals surface area contributed by atoms with Gasteiger partial charge in [0.1, 0.15) is 5.82 Å². The average Bonchev–Trinajstić information content (AvgIpc) is 3.04. The zero-order valence-corrected chi connectivity index (χ0v) is 17.7. The molecule has 4 rings (SSSR count). The molecule has 0 unspecified atom stereocenters. The number of fused-ring (bicyclic) bond motifs is 1. The number of aromatic amines is 1. The van der Waals surface area contributed by atoms with Crippen LogP contribution in [0.5, 0.6) is 0 Å². The predicted molar refractivity (Wildman–Crippen MR) is 116 cm³/mol. The number of benzene rings is 1. The molecule has 1 fully saturated rings. The Kier molecular flexibility index (Phi) is 5.93. The summed E-state index contributed by atoms with van der Waals surface area (Å²) in [5.74, 6) is -0.585. The van der Waals surface area contributed by atoms with Gasteiger partial charge in [0.2, 0.25) is 0 Å². The van der Waals surface area contributed by atoms with Crippen LogP contribution in [0.1, 0.15) is 24.5 Å². The molecule has 0 saturated carbocycles. The predicted octanol–water partition coefficient (Wildman–Crippen LogP) is 2.36. The highest BCUT2D eigenvalue weighted by Gasteiger charge is 2.24. The van der Waals surface area contributed by atoms with Gasteiger partial charge in [-0.3, -0.25) is 9.59 Å². The van der Waals surface area contributed by atoms with Gasteiger partial charge in [0.05, 0.1) is 36.3 Å². The highest BCUT2D eigenvalue weighted by molar-refractivity contribution is 5.81. The monoisotopic (exact) mass is 425 g/mol. The molecule has 3 heterocycles. The fraction of sp³-hybridized carbons (Fsp3) is 0.435. The van der Waals surface area contributed by atoms with Crippen LogP contribution in [0.15, 0.2) is 35.3 Å². The highest BCUT2D eigenvalue weighted by Crippen LogP contribution is 2.28. The zero-order chi connectivity index (χ0) is 22.1. The second-order valence-electron chi connectivity index (χ2n) is 8.40. The molecule has 31 heavy (non-hydrogen) atoms. The topological polar surface area (TPSA) is 117 Å². The summed E-state index contributed by atoms with van der Waals surface area (Å²) in [5.41, 5.74) is 4.13. The molecule has 0 spiro atoms. The summed E-state index contributed by atoms with van der Waals surface area (Å²) >= 11 is 0. The number of aliphatic hydroxyl groups excluding tert-OH is 1. The second kappa shape index (κ2) is 8.64. The molecule has 2 atom stereocenters. The summed E-state index contributed by atoms with van der Waals surface area (Å²) in [7, 11) is 0. The Morgan fingerprint density at radius 2 is 2.13 bits per heavy atom. The van der Waals surface area contributed by atoms with Crippen molar-refractivity contribution in [2.75, 3.05) is 13.2 Å². The van der Waals surface area contributed by atoms with Gasteiger partial charge in [0, 0.05) is 29.8 Å². The van der Waals surface area contributed by atoms with Gasteiger partial charge >= 0.3 is 5.97 Å². The van der Waals surface area contributed by atoms with Crippen molar-refractivity contribution in [1.29, 1.82) is 0 Å². The van der Waals surface area contributed by atoms with Gasteiger partial charge in [-0.1, -0.05) is 6.07 Å². The van der Waals surface area contributed by atoms with Crippen molar-refractivity contribution in [3.63, 3.8) is 0 Å². The largest absolute Gasteiger partial charge is 0.481 e. The Morgan fingerprint density at radius 3 is 2.74 bits per heavy atom. The number of aryl methyl sites for hydroxylation is 2. The van der Waals surface area contributed by atoms with Crippen LogP contribution in [0.2, 0.25) is 0 Å². The zero-order valence-electron chi connectivity index (χ0n) is 17.7. The van der Waals surface area contributed by atoms with Crippen molar-refractivity contribution in [3.05, 3.63) is 51.9 Å². The van der Waals surface area contributed by atoms with Crippen LogP contribution in [-0.4, -0.2) is 50.0 Å². The SMILES string of the molecule is Cc1cc(-c2nc3cc(CC[C@H](C(=O)O)[C@@H](C)O)ccc3n2CC2COC2)c[nH]c1=O. The Balaban J connectivity index is 1.69. The second-order valence-corrected chi connectivity index (χ2v) is 8.40. The Morgan fingerprint density at radius 1 is 1.35 bits per heavy atom. The van der Waals surface area contributed by atoms with E-state index < -0.39 is 18.0 Å². The van der Waals surface area contributed by atoms with Crippen molar-refractivity contribution >= 4 is 17.0 Å². The van der Waals surface area contributed by atoms with E-state index in [9.17, 15) is 19.8 Å². The van der Waals surface area contributed by atoms with Crippen LogP contribution in [-0.2, 0) is 22.5 Å². The maximum atomic E-state index is 11.8. The lowest BCUT2D eigenvalue weighted by molar-refractivity contribution is -0.145. The molecular formula is C23H27N3O5. The van der Waals surface area contributed by atoms with Gasteiger partial charge < -0.3 is 24.5 Å². The van der Waals surface area contributed by atoms with Gasteiger partial charge in [-0.05, 0) is 50.5 Å². The standard InChI is InChI=1S/C23H27N3O5/c1-13-7-17(9-24-22(13)28)21-25-19-8-15(3-5-18(14(2)27)23(29)30)4-6-20(19)26(21)10-16-11-31-12-16/h4,6-9,14,16,18,27H,3,5,10-12H2,1-2H3,(H,24,28)(H,29,30)/t14-,18+/m1/s1. The Hall–Kier alpha value is -2.97. The first-order chi connectivity index (χ1) is 14.8. The van der Waals surface area contributed by atoms with Crippen molar-refractivity contribution in [3.8, 4) is 11.4 Å². The minimum Gasteiger partial charge on any atom is -0.481 e. The maximum Gasteiger partial charge on any atom is 0.309 e. The first kappa shape index (κ1) is 21.3. The number of carbonyl (C=O) groups is 1. The molecule has 3 aromatic rings. The van der Waals surface area contributed by atoms with Gasteiger partial charge in [0.15, 0.2) is 0 Å². The van der Waals surface area contributed by atoms with Gasteiger partial charge in [-0.25, -0.2) is 4.98 Å². The number of rotatable bonds is 8. The lowest BCUT2D eigenvalue weighted by Crippen LogP contribution is -2.31. The van der Waals surface area contributed by atoms with E-state index in [2.05, 4.69) is 9.55 Å². The average molecular weight is 425 g/mol. The Bertz CT molecular complexity index is 1160. The fourth-order valence-corrected chi connectivity index (χ4v) is 4.00. The summed E-state index contributed by atoms with van der Waals surface area (Å²) in [6.45, 7) is 5.49. The molecule has 1 aliphatic rings. The number of hydrogen-bond donors (Lipinski definition) is 3. The number of carboxylic acids is 1. The van der Waals surface area contributed by atoms with E-state index in [1.165, 1.54) is 6.92 Å². The normalized spacial score (nSPS) is 16.2. The summed E-state index contributed by atoms with van der Waals surface area (Å²) in [6.07, 6.45) is 1.67. The number of nitrogens with zero attached hydrogens (tertiary/aromatic N) is 2. The number of aliphatic carboxylic acids is 1. The molecule has 0 aliphatic carbocycles. The number of aromatic nitrogens is 3. The molecule has 164 valence electrons. The van der Waals surface area contributed by atoms with Crippen LogP contribution < -0.4 is 5.56 Å². The third-order valence-corrected chi connectivity index (χ3v) is 5.95. The minimum atomic E-state index is -0.987. The molecule has 1 aliphatic heterocycles. The molecule has 3 N–H and O–H groups in total. The summed E-state index contributed by atoms with van der Waals surface area (Å²) in [5, 5.41) is 19.0. The van der Waals surface area contributed by atoms with E-state index in [0.29, 0.717) is 24.3 Å². The van der Waals surface area contributed by atoms with Crippen molar-refractivity contribution in [1.82, 2.24) is 14.5 Å². The van der Waals surface area contributed by atoms with Crippen molar-refractivity contribution < 1.29 is 19.7 Å². The summed E-state index contributed by atoms with van der Waals surface area (Å²) < 4.78 is 7.50. The number of pyridine rings is 1. The van der Waals surface area contributed by atoms with Crippen LogP contribution in [0, 0.1) is 18.8 Å². The van der Waals surface area contributed by atoms with E-state index in [1.54, 1.807) is 13.1 Å². The van der Waals surface area contributed by atoms with Crippen LogP contribution in [0.3, 0.4) is 0 Å². The number of aliphatic hydroxyl groups is 1. The molecular weight excluding hydrogens is 398 g/mol. The van der Waals surface area contributed by atoms with Crippen LogP contribution in [0.25, 0.3) is 22.4 Å². The van der Waals surface area contributed by atoms with Crippen molar-refractivity contribution in [2.24, 2.45) is 11.8 Å². The lowest BCUT2D eigenvalue weighted by Gasteiger charge is -2.27. The quantitative estimate of drug-likeness (QED) is 0.510. The Labute approximate surface area is 179 Å². The highest BCUT2D eigenvalue weighted by atomic mass is 16.5. The molecule has 8 nitrogen and oxygen atoms in total. The third kappa shape index (κ3) is 4.40. The fourth-order valence-electron chi connectivity index (χ4n) is 4.00. The van der Waals surface area contributed by atoms with Gasteiger partial charge in [-0.15, -0.1) is 0 Å². The third-order valence-electron chi connectivity index (χ3n) is 5.95. The van der Waals surface area contributed by atoms with Crippen molar-refractivity contribution in [2.45, 2.75) is 39.3 Å². The van der Waals surface area contributed by atoms with Crippen LogP contribution in [0.4, 0.5) is 0 Å². The van der Waals surface area contributed by atoms with Gasteiger partial charge in [-0.2, -0.15) is 0 Å². The number of H-pyrrole nitrogens is 1. The number of ether oxygens (including phenoxy) is 1. The van der Waals surface area contributed by atoms with Gasteiger partial charge in [0.25, 0.3) is 5.56 Å². The van der Waals surface area contributed by atoms with E-state index >= 15 is 0 Å². The van der Waals surface area contributed by atoms with Crippen LogP contribution >= 0.6 is 0 Å². The molecule has 0 amide bonds. The first-order valence-electron chi connectivity index (χ1n) is 10.5. The molecule has 2 aromatic heterocycles. The lowest BCUT2D eigenvalue weighted by atomic mass is 9.95. The molecule has 0 radical (unpaired) electrons. The van der Waals surface area contributed by atoms with E-state index in [0.717, 1.165) is 47.7 Å².